The van der Waals surface area contributed by atoms with Crippen LogP contribution in [0.3, 0.4) is 0 Å². The average Bonchev–Trinajstić information content (AvgIpc) is 2.28. The molecule has 3 heteroatoms. The minimum Gasteiger partial charge on any atom is -0.393 e. The molecule has 16 heavy (non-hydrogen) atoms. The fraction of sp³-hybridized carbons (Fsp3) is 0.538. The summed E-state index contributed by atoms with van der Waals surface area (Å²) in [7, 11) is 0. The molecule has 0 aliphatic carbocycles. The second-order valence-electron chi connectivity index (χ2n) is 4.08. The third-order valence-electron chi connectivity index (χ3n) is 2.75. The topological polar surface area (TPSA) is 32.3 Å². The lowest BCUT2D eigenvalue weighted by molar-refractivity contribution is 0.159. The molecule has 90 valence electrons. The molecule has 2 atom stereocenters. The first-order valence-corrected chi connectivity index (χ1v) is 6.18. The van der Waals surface area contributed by atoms with Crippen molar-refractivity contribution in [3.8, 4) is 0 Å². The number of hydrogen-bond donors (Lipinski definition) is 2. The van der Waals surface area contributed by atoms with E-state index in [0.717, 1.165) is 24.4 Å². The molecule has 0 aliphatic rings. The summed E-state index contributed by atoms with van der Waals surface area (Å²) in [6.07, 6.45) is 1.41. The molecular formula is C13H20ClNO. The molecule has 0 aliphatic heterocycles. The maximum absolute atomic E-state index is 9.42. The second-order valence-corrected chi connectivity index (χ2v) is 4.52. The highest BCUT2D eigenvalue weighted by Gasteiger charge is 2.06. The van der Waals surface area contributed by atoms with Crippen molar-refractivity contribution in [1.29, 1.82) is 0 Å². The van der Waals surface area contributed by atoms with Crippen molar-refractivity contribution in [2.75, 3.05) is 6.54 Å². The van der Waals surface area contributed by atoms with Gasteiger partial charge in [-0.3, -0.25) is 0 Å². The molecule has 0 spiro atoms. The minimum atomic E-state index is -0.195. The predicted molar refractivity (Wildman–Crippen MR) is 68.8 cm³/mol. The first-order chi connectivity index (χ1) is 7.63. The van der Waals surface area contributed by atoms with Crippen LogP contribution in [0, 0.1) is 0 Å². The Labute approximate surface area is 103 Å². The van der Waals surface area contributed by atoms with Crippen molar-refractivity contribution in [3.05, 3.63) is 34.9 Å². The number of rotatable bonds is 6. The lowest BCUT2D eigenvalue weighted by Gasteiger charge is -2.15. The second kappa shape index (κ2) is 6.89. The number of aliphatic hydroxyl groups excluding tert-OH is 1. The van der Waals surface area contributed by atoms with Gasteiger partial charge in [0.05, 0.1) is 6.10 Å². The van der Waals surface area contributed by atoms with Crippen molar-refractivity contribution >= 4 is 11.6 Å². The predicted octanol–water partition coefficient (Wildman–Crippen LogP) is 3.15. The fourth-order valence-electron chi connectivity index (χ4n) is 1.56. The Balaban J connectivity index is 2.38. The molecule has 0 heterocycles. The molecule has 0 saturated heterocycles. The van der Waals surface area contributed by atoms with Crippen LogP contribution >= 0.6 is 11.6 Å². The Morgan fingerprint density at radius 1 is 1.44 bits per heavy atom. The molecular weight excluding hydrogens is 222 g/mol. The highest BCUT2D eigenvalue weighted by molar-refractivity contribution is 6.30. The maximum atomic E-state index is 9.42. The molecule has 1 aromatic rings. The Morgan fingerprint density at radius 3 is 2.81 bits per heavy atom. The van der Waals surface area contributed by atoms with Gasteiger partial charge < -0.3 is 10.4 Å². The molecule has 0 bridgehead atoms. The zero-order valence-electron chi connectivity index (χ0n) is 9.91. The van der Waals surface area contributed by atoms with E-state index in [1.54, 1.807) is 0 Å². The summed E-state index contributed by atoms with van der Waals surface area (Å²) in [5.74, 6) is 0. The zero-order valence-corrected chi connectivity index (χ0v) is 10.7. The normalized spacial score (nSPS) is 14.8. The van der Waals surface area contributed by atoms with Gasteiger partial charge in [-0.2, -0.15) is 0 Å². The van der Waals surface area contributed by atoms with Gasteiger partial charge in [-0.25, -0.2) is 0 Å². The van der Waals surface area contributed by atoms with Crippen LogP contribution in [0.4, 0.5) is 0 Å². The van der Waals surface area contributed by atoms with Crippen LogP contribution in [0.5, 0.6) is 0 Å². The molecule has 0 fully saturated rings. The van der Waals surface area contributed by atoms with Crippen molar-refractivity contribution < 1.29 is 5.11 Å². The molecule has 0 saturated carbocycles. The number of benzene rings is 1. The van der Waals surface area contributed by atoms with E-state index in [1.807, 2.05) is 25.1 Å². The largest absolute Gasteiger partial charge is 0.393 e. The van der Waals surface area contributed by atoms with Crippen molar-refractivity contribution in [3.63, 3.8) is 0 Å². The van der Waals surface area contributed by atoms with Gasteiger partial charge in [0.2, 0.25) is 0 Å². The van der Waals surface area contributed by atoms with Crippen LogP contribution in [0.25, 0.3) is 0 Å². The first-order valence-electron chi connectivity index (χ1n) is 5.80. The summed E-state index contributed by atoms with van der Waals surface area (Å²) >= 11 is 5.93. The maximum Gasteiger partial charge on any atom is 0.0549 e. The number of aliphatic hydroxyl groups is 1. The Bertz CT molecular complexity index is 317. The van der Waals surface area contributed by atoms with E-state index < -0.39 is 0 Å². The molecule has 0 aromatic heterocycles. The fourth-order valence-corrected chi connectivity index (χ4v) is 1.76. The van der Waals surface area contributed by atoms with E-state index >= 15 is 0 Å². The van der Waals surface area contributed by atoms with Gasteiger partial charge in [-0.1, -0.05) is 30.7 Å². The van der Waals surface area contributed by atoms with Crippen LogP contribution in [-0.2, 0) is 0 Å². The van der Waals surface area contributed by atoms with Crippen LogP contribution < -0.4 is 5.32 Å². The number of halogens is 1. The molecule has 2 nitrogen and oxygen atoms in total. The number of hydrogen-bond acceptors (Lipinski definition) is 2. The standard InChI is InChI=1S/C13H20ClNO/c1-3-13(16)7-8-15-10(2)11-5-4-6-12(14)9-11/h4-6,9-10,13,15-16H,3,7-8H2,1-2H3. The van der Waals surface area contributed by atoms with Crippen LogP contribution in [0.1, 0.15) is 38.3 Å². The molecule has 0 radical (unpaired) electrons. The summed E-state index contributed by atoms with van der Waals surface area (Å²) in [6.45, 7) is 4.91. The van der Waals surface area contributed by atoms with Gasteiger partial charge in [0.15, 0.2) is 0 Å². The average molecular weight is 242 g/mol. The van der Waals surface area contributed by atoms with Gasteiger partial charge in [-0.05, 0) is 44.0 Å². The SMILES string of the molecule is CCC(O)CCNC(C)c1cccc(Cl)c1. The van der Waals surface area contributed by atoms with E-state index in [-0.39, 0.29) is 12.1 Å². The van der Waals surface area contributed by atoms with E-state index in [0.29, 0.717) is 0 Å². The summed E-state index contributed by atoms with van der Waals surface area (Å²) in [5.41, 5.74) is 1.18. The van der Waals surface area contributed by atoms with Crippen LogP contribution in [-0.4, -0.2) is 17.8 Å². The molecule has 2 N–H and O–H groups in total. The monoisotopic (exact) mass is 241 g/mol. The Kier molecular flexibility index (Phi) is 5.81. The lowest BCUT2D eigenvalue weighted by atomic mass is 10.1. The first kappa shape index (κ1) is 13.5. The quantitative estimate of drug-likeness (QED) is 0.802. The van der Waals surface area contributed by atoms with E-state index in [9.17, 15) is 5.11 Å². The van der Waals surface area contributed by atoms with E-state index in [1.165, 1.54) is 5.56 Å². The van der Waals surface area contributed by atoms with Gasteiger partial charge in [0.25, 0.3) is 0 Å². The van der Waals surface area contributed by atoms with Gasteiger partial charge >= 0.3 is 0 Å². The highest BCUT2D eigenvalue weighted by Crippen LogP contribution is 2.17. The van der Waals surface area contributed by atoms with Crippen LogP contribution in [0.15, 0.2) is 24.3 Å². The summed E-state index contributed by atoms with van der Waals surface area (Å²) in [6, 6.07) is 8.12. The van der Waals surface area contributed by atoms with Gasteiger partial charge in [0.1, 0.15) is 0 Å². The molecule has 0 amide bonds. The Morgan fingerprint density at radius 2 is 2.19 bits per heavy atom. The van der Waals surface area contributed by atoms with Gasteiger partial charge in [0, 0.05) is 11.1 Å². The zero-order chi connectivity index (χ0) is 12.0. The van der Waals surface area contributed by atoms with E-state index in [2.05, 4.69) is 18.3 Å². The third-order valence-corrected chi connectivity index (χ3v) is 2.98. The van der Waals surface area contributed by atoms with E-state index in [4.69, 9.17) is 11.6 Å². The smallest absolute Gasteiger partial charge is 0.0549 e. The third kappa shape index (κ3) is 4.52. The van der Waals surface area contributed by atoms with Gasteiger partial charge in [-0.15, -0.1) is 0 Å². The van der Waals surface area contributed by atoms with Crippen LogP contribution in [0.2, 0.25) is 5.02 Å². The summed E-state index contributed by atoms with van der Waals surface area (Å²) in [4.78, 5) is 0. The summed E-state index contributed by atoms with van der Waals surface area (Å²) < 4.78 is 0. The summed E-state index contributed by atoms with van der Waals surface area (Å²) in [5, 5.41) is 13.6. The minimum absolute atomic E-state index is 0.195. The van der Waals surface area contributed by atoms with Crippen molar-refractivity contribution in [1.82, 2.24) is 5.32 Å². The Hall–Kier alpha value is -0.570. The molecule has 2 unspecified atom stereocenters. The molecule has 1 rings (SSSR count). The van der Waals surface area contributed by atoms with Crippen molar-refractivity contribution in [2.45, 2.75) is 38.8 Å². The number of nitrogens with one attached hydrogen (secondary N) is 1. The lowest BCUT2D eigenvalue weighted by Crippen LogP contribution is -2.23. The van der Waals surface area contributed by atoms with Crippen molar-refractivity contribution in [2.24, 2.45) is 0 Å². The molecule has 1 aromatic carbocycles. The highest BCUT2D eigenvalue weighted by atomic mass is 35.5.